The molecular weight excluding hydrogens is 390 g/mol. The number of nitrogens with one attached hydrogen (secondary N) is 2. The predicted octanol–water partition coefficient (Wildman–Crippen LogP) is 1.45. The number of nitro groups is 2. The number of piperidine rings is 1. The van der Waals surface area contributed by atoms with E-state index in [1.165, 1.54) is 35.4 Å². The van der Waals surface area contributed by atoms with Crippen molar-refractivity contribution in [2.45, 2.75) is 19.4 Å². The summed E-state index contributed by atoms with van der Waals surface area (Å²) in [4.78, 5) is 34.3. The topological polar surface area (TPSA) is 132 Å². The minimum absolute atomic E-state index is 0.0337. The van der Waals surface area contributed by atoms with Crippen LogP contribution in [0, 0.1) is 26.1 Å². The summed E-state index contributed by atoms with van der Waals surface area (Å²) in [6.07, 6.45) is 2.83. The Morgan fingerprint density at radius 1 is 1.07 bits per heavy atom. The van der Waals surface area contributed by atoms with E-state index in [2.05, 4.69) is 10.5 Å². The van der Waals surface area contributed by atoms with Crippen molar-refractivity contribution in [1.82, 2.24) is 5.43 Å². The molecule has 1 heterocycles. The number of amides is 1. The summed E-state index contributed by atoms with van der Waals surface area (Å²) in [6, 6.07) is 12.6. The predicted molar refractivity (Wildman–Crippen MR) is 109 cm³/mol. The Kier molecular flexibility index (Phi) is 6.81. The largest absolute Gasteiger partial charge is 0.331 e. The van der Waals surface area contributed by atoms with Crippen LogP contribution in [-0.4, -0.2) is 35.1 Å². The van der Waals surface area contributed by atoms with Crippen LogP contribution in [0.3, 0.4) is 0 Å². The number of hydrogen-bond acceptors (Lipinski definition) is 6. The maximum absolute atomic E-state index is 12.3. The zero-order valence-electron chi connectivity index (χ0n) is 16.2. The Hall–Kier alpha value is -3.66. The Morgan fingerprint density at radius 3 is 2.37 bits per heavy atom. The van der Waals surface area contributed by atoms with Crippen LogP contribution in [0.2, 0.25) is 0 Å². The Balaban J connectivity index is 1.45. The molecule has 0 aromatic heterocycles. The molecule has 0 radical (unpaired) electrons. The highest BCUT2D eigenvalue weighted by molar-refractivity contribution is 5.83. The Morgan fingerprint density at radius 2 is 1.73 bits per heavy atom. The van der Waals surface area contributed by atoms with E-state index in [1.54, 1.807) is 24.3 Å². The maximum Gasteiger partial charge on any atom is 0.270 e. The first-order valence-corrected chi connectivity index (χ1v) is 9.56. The van der Waals surface area contributed by atoms with Crippen molar-refractivity contribution < 1.29 is 19.5 Å². The third kappa shape index (κ3) is 5.67. The number of likely N-dealkylation sites (tertiary alicyclic amines) is 1. The summed E-state index contributed by atoms with van der Waals surface area (Å²) < 4.78 is 0. The number of hydrazone groups is 1. The SMILES string of the molecule is O=C(N/N=C\c1cccc([N+](=O)[O-])c1)C1CC[NH+](Cc2ccc([N+](=O)[O-])cc2)CC1. The molecule has 0 bridgehead atoms. The normalized spacial score (nSPS) is 18.8. The number of quaternary nitrogens is 1. The van der Waals surface area contributed by atoms with Crippen LogP contribution in [0.1, 0.15) is 24.0 Å². The van der Waals surface area contributed by atoms with Gasteiger partial charge in [-0.05, 0) is 12.1 Å². The average Bonchev–Trinajstić information content (AvgIpc) is 2.75. The maximum atomic E-state index is 12.3. The van der Waals surface area contributed by atoms with E-state index in [9.17, 15) is 25.0 Å². The number of nitrogens with zero attached hydrogens (tertiary/aromatic N) is 3. The molecule has 1 aliphatic heterocycles. The summed E-state index contributed by atoms with van der Waals surface area (Å²) in [5.74, 6) is -0.293. The molecule has 1 aliphatic rings. The lowest BCUT2D eigenvalue weighted by Gasteiger charge is -2.28. The number of hydrogen-bond donors (Lipinski definition) is 2. The van der Waals surface area contributed by atoms with E-state index in [0.717, 1.165) is 38.0 Å². The summed E-state index contributed by atoms with van der Waals surface area (Å²) in [7, 11) is 0. The van der Waals surface area contributed by atoms with Crippen LogP contribution in [-0.2, 0) is 11.3 Å². The third-order valence-corrected chi connectivity index (χ3v) is 5.13. The molecule has 156 valence electrons. The van der Waals surface area contributed by atoms with E-state index in [1.807, 2.05) is 0 Å². The molecule has 1 saturated heterocycles. The lowest BCUT2D eigenvalue weighted by molar-refractivity contribution is -0.919. The van der Waals surface area contributed by atoms with Crippen molar-refractivity contribution >= 4 is 23.5 Å². The molecular formula is C20H22N5O5+. The van der Waals surface area contributed by atoms with Gasteiger partial charge in [-0.25, -0.2) is 5.43 Å². The summed E-state index contributed by atoms with van der Waals surface area (Å²) in [6.45, 7) is 2.41. The summed E-state index contributed by atoms with van der Waals surface area (Å²) >= 11 is 0. The Bertz CT molecular complexity index is 952. The van der Waals surface area contributed by atoms with Gasteiger partial charge in [-0.15, -0.1) is 0 Å². The van der Waals surface area contributed by atoms with E-state index in [0.29, 0.717) is 5.56 Å². The second kappa shape index (κ2) is 9.70. The number of rotatable bonds is 7. The third-order valence-electron chi connectivity index (χ3n) is 5.13. The first-order chi connectivity index (χ1) is 14.4. The van der Waals surface area contributed by atoms with Crippen LogP contribution in [0.15, 0.2) is 53.6 Å². The fourth-order valence-electron chi connectivity index (χ4n) is 3.47. The fourth-order valence-corrected chi connectivity index (χ4v) is 3.47. The molecule has 2 aromatic rings. The zero-order chi connectivity index (χ0) is 21.5. The molecule has 10 nitrogen and oxygen atoms in total. The first-order valence-electron chi connectivity index (χ1n) is 9.56. The van der Waals surface area contributed by atoms with Crippen LogP contribution in [0.4, 0.5) is 11.4 Å². The van der Waals surface area contributed by atoms with Crippen LogP contribution < -0.4 is 10.3 Å². The number of benzene rings is 2. The van der Waals surface area contributed by atoms with Gasteiger partial charge in [-0.2, -0.15) is 5.10 Å². The van der Waals surface area contributed by atoms with Gasteiger partial charge < -0.3 is 4.90 Å². The van der Waals surface area contributed by atoms with E-state index >= 15 is 0 Å². The van der Waals surface area contributed by atoms with Gasteiger partial charge in [0.1, 0.15) is 6.54 Å². The van der Waals surface area contributed by atoms with Gasteiger partial charge in [-0.1, -0.05) is 12.1 Å². The molecule has 30 heavy (non-hydrogen) atoms. The molecule has 2 aromatic carbocycles. The number of carbonyl (C=O) groups excluding carboxylic acids is 1. The molecule has 2 N–H and O–H groups in total. The Labute approximate surface area is 172 Å². The van der Waals surface area contributed by atoms with Gasteiger partial charge >= 0.3 is 0 Å². The highest BCUT2D eigenvalue weighted by Crippen LogP contribution is 2.14. The van der Waals surface area contributed by atoms with Gasteiger partial charge in [0.25, 0.3) is 11.4 Å². The highest BCUT2D eigenvalue weighted by atomic mass is 16.6. The quantitative estimate of drug-likeness (QED) is 0.403. The van der Waals surface area contributed by atoms with E-state index < -0.39 is 9.85 Å². The second-order valence-corrected chi connectivity index (χ2v) is 7.21. The number of non-ortho nitro benzene ring substituents is 2. The molecule has 1 amide bonds. The number of nitro benzene ring substituents is 2. The van der Waals surface area contributed by atoms with E-state index in [-0.39, 0.29) is 23.2 Å². The van der Waals surface area contributed by atoms with Crippen molar-refractivity contribution in [1.29, 1.82) is 0 Å². The lowest BCUT2D eigenvalue weighted by Crippen LogP contribution is -3.11. The zero-order valence-corrected chi connectivity index (χ0v) is 16.2. The second-order valence-electron chi connectivity index (χ2n) is 7.21. The van der Waals surface area contributed by atoms with Gasteiger partial charge in [-0.3, -0.25) is 25.0 Å². The monoisotopic (exact) mass is 412 g/mol. The minimum Gasteiger partial charge on any atom is -0.331 e. The molecule has 10 heteroatoms. The van der Waals surface area contributed by atoms with Gasteiger partial charge in [0.2, 0.25) is 5.91 Å². The smallest absolute Gasteiger partial charge is 0.270 e. The van der Waals surface area contributed by atoms with Crippen molar-refractivity contribution in [2.75, 3.05) is 13.1 Å². The van der Waals surface area contributed by atoms with Gasteiger partial charge in [0.15, 0.2) is 0 Å². The van der Waals surface area contributed by atoms with E-state index in [4.69, 9.17) is 0 Å². The van der Waals surface area contributed by atoms with Gasteiger partial charge in [0, 0.05) is 48.2 Å². The molecule has 0 spiro atoms. The molecule has 0 unspecified atom stereocenters. The lowest BCUT2D eigenvalue weighted by atomic mass is 9.96. The van der Waals surface area contributed by atoms with Crippen molar-refractivity contribution in [3.05, 3.63) is 79.9 Å². The molecule has 0 saturated carbocycles. The van der Waals surface area contributed by atoms with Crippen LogP contribution in [0.25, 0.3) is 0 Å². The first kappa shape index (κ1) is 21.1. The molecule has 0 atom stereocenters. The van der Waals surface area contributed by atoms with Crippen molar-refractivity contribution in [2.24, 2.45) is 11.0 Å². The minimum atomic E-state index is -0.483. The highest BCUT2D eigenvalue weighted by Gasteiger charge is 2.27. The summed E-state index contributed by atoms with van der Waals surface area (Å²) in [5, 5.41) is 25.4. The standard InChI is InChI=1S/C20H21N5O5/c26-20(22-21-13-16-2-1-3-19(12-16)25(29)30)17-8-10-23(11-9-17)14-15-4-6-18(7-5-15)24(27)28/h1-7,12-13,17H,8-11,14H2,(H,22,26)/p+1/b21-13-. The molecule has 0 aliphatic carbocycles. The van der Waals surface area contributed by atoms with Crippen molar-refractivity contribution in [3.8, 4) is 0 Å². The van der Waals surface area contributed by atoms with Gasteiger partial charge in [0.05, 0.1) is 35.1 Å². The van der Waals surface area contributed by atoms with Crippen LogP contribution >= 0.6 is 0 Å². The molecule has 3 rings (SSSR count). The summed E-state index contributed by atoms with van der Waals surface area (Å²) in [5.41, 5.74) is 4.13. The van der Waals surface area contributed by atoms with Crippen LogP contribution in [0.5, 0.6) is 0 Å². The average molecular weight is 412 g/mol. The fraction of sp³-hybridized carbons (Fsp3) is 0.300. The molecule has 1 fully saturated rings. The number of carbonyl (C=O) groups is 1. The van der Waals surface area contributed by atoms with Crippen molar-refractivity contribution in [3.63, 3.8) is 0 Å².